The van der Waals surface area contributed by atoms with Crippen molar-refractivity contribution >= 4 is 23.4 Å². The van der Waals surface area contributed by atoms with Crippen molar-refractivity contribution in [3.63, 3.8) is 0 Å². The number of ether oxygens (including phenoxy) is 1. The molecule has 0 radical (unpaired) electrons. The van der Waals surface area contributed by atoms with Crippen molar-refractivity contribution in [1.29, 1.82) is 0 Å². The van der Waals surface area contributed by atoms with Crippen LogP contribution < -0.4 is 9.75 Å². The second-order valence-corrected chi connectivity index (χ2v) is 6.13. The lowest BCUT2D eigenvalue weighted by Gasteiger charge is -2.13. The summed E-state index contributed by atoms with van der Waals surface area (Å²) in [6, 6.07) is 13.6. The molecule has 1 heterocycles. The van der Waals surface area contributed by atoms with Gasteiger partial charge < -0.3 is 4.74 Å². The summed E-state index contributed by atoms with van der Waals surface area (Å²) >= 11 is 0. The Morgan fingerprint density at radius 2 is 1.76 bits per heavy atom. The van der Waals surface area contributed by atoms with Crippen molar-refractivity contribution < 1.29 is 9.53 Å². The van der Waals surface area contributed by atoms with Crippen LogP contribution in [0.15, 0.2) is 53.1 Å². The van der Waals surface area contributed by atoms with Crippen LogP contribution in [0.4, 0.5) is 5.69 Å². The lowest BCUT2D eigenvalue weighted by Crippen LogP contribution is -2.21. The van der Waals surface area contributed by atoms with Crippen LogP contribution in [0.1, 0.15) is 30.5 Å². The number of benzene rings is 2. The molecule has 4 heteroatoms. The molecule has 1 amide bonds. The fraction of sp³-hybridized carbons (Fsp3) is 0.238. The van der Waals surface area contributed by atoms with Crippen LogP contribution in [-0.4, -0.2) is 18.2 Å². The number of hydrazone groups is 1. The number of anilines is 1. The van der Waals surface area contributed by atoms with Crippen molar-refractivity contribution in [2.75, 3.05) is 11.6 Å². The van der Waals surface area contributed by atoms with Gasteiger partial charge in [0, 0.05) is 0 Å². The Labute approximate surface area is 148 Å². The van der Waals surface area contributed by atoms with Gasteiger partial charge in [0.2, 0.25) is 0 Å². The molecule has 1 aliphatic rings. The normalized spacial score (nSPS) is 15.7. The summed E-state index contributed by atoms with van der Waals surface area (Å²) < 4.78 is 5.45. The second kappa shape index (κ2) is 6.93. The van der Waals surface area contributed by atoms with Gasteiger partial charge in [-0.25, -0.2) is 0 Å². The SMILES string of the molecule is CCOc1ccc(/C=C2/C(=O)N(c3ccc(C)c(C)c3)N=C2C)cc1. The van der Waals surface area contributed by atoms with Gasteiger partial charge in [0.1, 0.15) is 5.75 Å². The minimum atomic E-state index is -0.102. The number of nitrogens with zero attached hydrogens (tertiary/aromatic N) is 2. The zero-order valence-electron chi connectivity index (χ0n) is 15.0. The van der Waals surface area contributed by atoms with Crippen LogP contribution in [-0.2, 0) is 4.79 Å². The van der Waals surface area contributed by atoms with Crippen LogP contribution in [0.25, 0.3) is 6.08 Å². The highest BCUT2D eigenvalue weighted by atomic mass is 16.5. The molecule has 0 unspecified atom stereocenters. The molecule has 0 atom stereocenters. The lowest BCUT2D eigenvalue weighted by atomic mass is 10.1. The third-order valence-electron chi connectivity index (χ3n) is 4.30. The van der Waals surface area contributed by atoms with E-state index in [4.69, 9.17) is 4.74 Å². The van der Waals surface area contributed by atoms with Crippen LogP contribution >= 0.6 is 0 Å². The van der Waals surface area contributed by atoms with E-state index in [1.807, 2.05) is 69.3 Å². The fourth-order valence-electron chi connectivity index (χ4n) is 2.71. The van der Waals surface area contributed by atoms with Crippen LogP contribution in [0.2, 0.25) is 0 Å². The monoisotopic (exact) mass is 334 g/mol. The van der Waals surface area contributed by atoms with E-state index in [1.165, 1.54) is 10.6 Å². The highest BCUT2D eigenvalue weighted by Crippen LogP contribution is 2.27. The molecule has 25 heavy (non-hydrogen) atoms. The van der Waals surface area contributed by atoms with Crippen molar-refractivity contribution in [3.8, 4) is 5.75 Å². The first-order valence-electron chi connectivity index (χ1n) is 8.41. The predicted molar refractivity (Wildman–Crippen MR) is 102 cm³/mol. The third-order valence-corrected chi connectivity index (χ3v) is 4.30. The fourth-order valence-corrected chi connectivity index (χ4v) is 2.71. The molecule has 2 aromatic rings. The van der Waals surface area contributed by atoms with E-state index >= 15 is 0 Å². The van der Waals surface area contributed by atoms with Gasteiger partial charge in [0.15, 0.2) is 0 Å². The molecule has 0 aromatic heterocycles. The Morgan fingerprint density at radius 1 is 1.04 bits per heavy atom. The summed E-state index contributed by atoms with van der Waals surface area (Å²) in [5.41, 5.74) is 5.41. The average molecular weight is 334 g/mol. The molecule has 3 rings (SSSR count). The quantitative estimate of drug-likeness (QED) is 0.772. The van der Waals surface area contributed by atoms with Gasteiger partial charge in [-0.15, -0.1) is 0 Å². The number of rotatable bonds is 4. The molecule has 0 bridgehead atoms. The van der Waals surface area contributed by atoms with Gasteiger partial charge in [-0.3, -0.25) is 4.79 Å². The average Bonchev–Trinajstić information content (AvgIpc) is 2.87. The van der Waals surface area contributed by atoms with Crippen molar-refractivity contribution in [2.24, 2.45) is 5.10 Å². The molecule has 0 spiro atoms. The van der Waals surface area contributed by atoms with Crippen LogP contribution in [0, 0.1) is 13.8 Å². The molecule has 2 aromatic carbocycles. The smallest absolute Gasteiger partial charge is 0.280 e. The maximum atomic E-state index is 12.8. The third kappa shape index (κ3) is 3.48. The Balaban J connectivity index is 1.87. The van der Waals surface area contributed by atoms with Crippen molar-refractivity contribution in [1.82, 2.24) is 0 Å². The molecule has 0 fully saturated rings. The molecular weight excluding hydrogens is 312 g/mol. The summed E-state index contributed by atoms with van der Waals surface area (Å²) in [6.45, 7) is 8.53. The first-order valence-corrected chi connectivity index (χ1v) is 8.41. The number of carbonyl (C=O) groups excluding carboxylic acids is 1. The number of carbonyl (C=O) groups is 1. The van der Waals surface area contributed by atoms with E-state index < -0.39 is 0 Å². The van der Waals surface area contributed by atoms with E-state index in [1.54, 1.807) is 0 Å². The summed E-state index contributed by atoms with van der Waals surface area (Å²) in [7, 11) is 0. The van der Waals surface area contributed by atoms with Crippen LogP contribution in [0.3, 0.4) is 0 Å². The van der Waals surface area contributed by atoms with E-state index in [-0.39, 0.29) is 5.91 Å². The van der Waals surface area contributed by atoms with Gasteiger partial charge in [0.25, 0.3) is 5.91 Å². The predicted octanol–water partition coefficient (Wildman–Crippen LogP) is 4.51. The standard InChI is InChI=1S/C21H22N2O2/c1-5-25-19-10-7-17(8-11-19)13-20-16(4)22-23(21(20)24)18-9-6-14(2)15(3)12-18/h6-13H,5H2,1-4H3/b20-13+. The van der Waals surface area contributed by atoms with E-state index in [0.29, 0.717) is 12.2 Å². The Morgan fingerprint density at radius 3 is 2.40 bits per heavy atom. The van der Waals surface area contributed by atoms with E-state index in [0.717, 1.165) is 28.3 Å². The minimum absolute atomic E-state index is 0.102. The largest absolute Gasteiger partial charge is 0.494 e. The van der Waals surface area contributed by atoms with Gasteiger partial charge in [0.05, 0.1) is 23.6 Å². The molecule has 0 N–H and O–H groups in total. The molecule has 0 saturated carbocycles. The summed E-state index contributed by atoms with van der Waals surface area (Å²) in [5.74, 6) is 0.721. The zero-order valence-corrected chi connectivity index (χ0v) is 15.0. The lowest BCUT2D eigenvalue weighted by molar-refractivity contribution is -0.114. The number of hydrogen-bond donors (Lipinski definition) is 0. The number of hydrogen-bond acceptors (Lipinski definition) is 3. The maximum absolute atomic E-state index is 12.8. The number of aryl methyl sites for hydroxylation is 2. The Bertz CT molecular complexity index is 864. The molecule has 1 aliphatic heterocycles. The highest BCUT2D eigenvalue weighted by Gasteiger charge is 2.28. The number of amides is 1. The minimum Gasteiger partial charge on any atom is -0.494 e. The highest BCUT2D eigenvalue weighted by molar-refractivity contribution is 6.32. The summed E-state index contributed by atoms with van der Waals surface area (Å²) in [4.78, 5) is 12.8. The van der Waals surface area contributed by atoms with Crippen molar-refractivity contribution in [3.05, 3.63) is 64.7 Å². The Hall–Kier alpha value is -2.88. The van der Waals surface area contributed by atoms with Gasteiger partial charge >= 0.3 is 0 Å². The zero-order chi connectivity index (χ0) is 18.0. The van der Waals surface area contributed by atoms with Gasteiger partial charge in [-0.2, -0.15) is 10.1 Å². The van der Waals surface area contributed by atoms with Crippen LogP contribution in [0.5, 0.6) is 5.75 Å². The second-order valence-electron chi connectivity index (χ2n) is 6.13. The first kappa shape index (κ1) is 17.0. The first-order chi connectivity index (χ1) is 12.0. The molecule has 0 saturated heterocycles. The van der Waals surface area contributed by atoms with E-state index in [2.05, 4.69) is 12.0 Å². The molecule has 128 valence electrons. The summed E-state index contributed by atoms with van der Waals surface area (Å²) in [6.07, 6.45) is 1.87. The topological polar surface area (TPSA) is 41.9 Å². The molecule has 4 nitrogen and oxygen atoms in total. The van der Waals surface area contributed by atoms with Gasteiger partial charge in [-0.1, -0.05) is 18.2 Å². The molecule has 0 aliphatic carbocycles. The van der Waals surface area contributed by atoms with Crippen molar-refractivity contribution in [2.45, 2.75) is 27.7 Å². The van der Waals surface area contributed by atoms with E-state index in [9.17, 15) is 4.79 Å². The molecular formula is C21H22N2O2. The van der Waals surface area contributed by atoms with Gasteiger partial charge in [-0.05, 0) is 74.7 Å². The summed E-state index contributed by atoms with van der Waals surface area (Å²) in [5, 5.41) is 5.92. The maximum Gasteiger partial charge on any atom is 0.280 e. The Kier molecular flexibility index (Phi) is 4.70.